The minimum absolute atomic E-state index is 0.0000131. The third kappa shape index (κ3) is 4.49. The van der Waals surface area contributed by atoms with Crippen LogP contribution in [0.4, 0.5) is 0 Å². The maximum Gasteiger partial charge on any atom is 0.214 e. The Labute approximate surface area is 92.9 Å². The van der Waals surface area contributed by atoms with Crippen molar-refractivity contribution >= 4 is 10.0 Å². The Bertz CT molecular complexity index is 287. The van der Waals surface area contributed by atoms with Gasteiger partial charge in [0, 0.05) is 6.54 Å². The minimum atomic E-state index is -3.11. The number of nitrogens with one attached hydrogen (secondary N) is 2. The first-order valence-corrected chi connectivity index (χ1v) is 7.05. The van der Waals surface area contributed by atoms with Crippen LogP contribution in [0.15, 0.2) is 0 Å². The topological polar surface area (TPSA) is 58.2 Å². The van der Waals surface area contributed by atoms with Crippen LogP contribution in [0, 0.1) is 5.41 Å². The standard InChI is InChI=1S/C10H22N2O2S/c1-10(2,3)8-12-15(13,14)9-4-6-11-7-5-9/h9,11-12H,4-8H2,1-3H3. The zero-order chi connectivity index (χ0) is 11.5. The summed E-state index contributed by atoms with van der Waals surface area (Å²) in [5, 5.41) is 2.96. The molecule has 0 atom stereocenters. The molecule has 0 spiro atoms. The number of rotatable bonds is 3. The van der Waals surface area contributed by atoms with Gasteiger partial charge in [-0.15, -0.1) is 0 Å². The van der Waals surface area contributed by atoms with E-state index in [2.05, 4.69) is 10.0 Å². The van der Waals surface area contributed by atoms with Crippen LogP contribution in [-0.4, -0.2) is 33.3 Å². The lowest BCUT2D eigenvalue weighted by molar-refractivity contribution is 0.403. The highest BCUT2D eigenvalue weighted by Gasteiger charge is 2.27. The molecular formula is C10H22N2O2S. The van der Waals surface area contributed by atoms with E-state index in [1.807, 2.05) is 20.8 Å². The molecule has 1 fully saturated rings. The highest BCUT2D eigenvalue weighted by atomic mass is 32.2. The van der Waals surface area contributed by atoms with Crippen LogP contribution in [0.5, 0.6) is 0 Å². The monoisotopic (exact) mass is 234 g/mol. The Kier molecular flexibility index (Phi) is 4.14. The van der Waals surface area contributed by atoms with Gasteiger partial charge in [-0.2, -0.15) is 0 Å². The molecule has 15 heavy (non-hydrogen) atoms. The molecule has 0 saturated carbocycles. The van der Waals surface area contributed by atoms with Gasteiger partial charge in [0.25, 0.3) is 0 Å². The predicted octanol–water partition coefficient (Wildman–Crippen LogP) is 0.704. The molecule has 0 aliphatic carbocycles. The van der Waals surface area contributed by atoms with E-state index in [1.165, 1.54) is 0 Å². The van der Waals surface area contributed by atoms with Gasteiger partial charge < -0.3 is 5.32 Å². The predicted molar refractivity (Wildman–Crippen MR) is 62.3 cm³/mol. The van der Waals surface area contributed by atoms with Gasteiger partial charge >= 0.3 is 0 Å². The van der Waals surface area contributed by atoms with Crippen molar-refractivity contribution in [1.29, 1.82) is 0 Å². The van der Waals surface area contributed by atoms with E-state index in [-0.39, 0.29) is 10.7 Å². The number of hydrogen-bond donors (Lipinski definition) is 2. The molecule has 2 N–H and O–H groups in total. The minimum Gasteiger partial charge on any atom is -0.317 e. The van der Waals surface area contributed by atoms with Crippen LogP contribution in [-0.2, 0) is 10.0 Å². The van der Waals surface area contributed by atoms with Crippen molar-refractivity contribution in [2.24, 2.45) is 5.41 Å². The fourth-order valence-electron chi connectivity index (χ4n) is 1.54. The van der Waals surface area contributed by atoms with Crippen LogP contribution in [0.25, 0.3) is 0 Å². The third-order valence-electron chi connectivity index (χ3n) is 2.53. The summed E-state index contributed by atoms with van der Waals surface area (Å²) in [6, 6.07) is 0. The Morgan fingerprint density at radius 3 is 2.27 bits per heavy atom. The van der Waals surface area contributed by atoms with Crippen molar-refractivity contribution < 1.29 is 8.42 Å². The average Bonchev–Trinajstić information content (AvgIpc) is 2.16. The average molecular weight is 234 g/mol. The molecule has 4 nitrogen and oxygen atoms in total. The van der Waals surface area contributed by atoms with E-state index in [9.17, 15) is 8.42 Å². The Morgan fingerprint density at radius 2 is 1.80 bits per heavy atom. The first-order chi connectivity index (χ1) is 6.81. The molecule has 1 saturated heterocycles. The largest absolute Gasteiger partial charge is 0.317 e. The van der Waals surface area contributed by atoms with Crippen molar-refractivity contribution in [2.45, 2.75) is 38.9 Å². The summed E-state index contributed by atoms with van der Waals surface area (Å²) >= 11 is 0. The molecule has 0 unspecified atom stereocenters. The van der Waals surface area contributed by atoms with Crippen molar-refractivity contribution in [1.82, 2.24) is 10.0 Å². The van der Waals surface area contributed by atoms with Crippen LogP contribution in [0.3, 0.4) is 0 Å². The molecule has 5 heteroatoms. The van der Waals surface area contributed by atoms with E-state index < -0.39 is 10.0 Å². The molecule has 0 radical (unpaired) electrons. The molecule has 1 aliphatic heterocycles. The van der Waals surface area contributed by atoms with E-state index >= 15 is 0 Å². The van der Waals surface area contributed by atoms with Gasteiger partial charge in [0.1, 0.15) is 0 Å². The molecule has 0 aromatic carbocycles. The Morgan fingerprint density at radius 1 is 1.27 bits per heavy atom. The molecular weight excluding hydrogens is 212 g/mol. The first-order valence-electron chi connectivity index (χ1n) is 5.50. The molecule has 90 valence electrons. The lowest BCUT2D eigenvalue weighted by Gasteiger charge is -2.25. The highest BCUT2D eigenvalue weighted by molar-refractivity contribution is 7.90. The zero-order valence-corrected chi connectivity index (χ0v) is 10.7. The Hall–Kier alpha value is -0.130. The number of hydrogen-bond acceptors (Lipinski definition) is 3. The quantitative estimate of drug-likeness (QED) is 0.756. The SMILES string of the molecule is CC(C)(C)CNS(=O)(=O)C1CCNCC1. The summed E-state index contributed by atoms with van der Waals surface area (Å²) in [6.45, 7) is 8.20. The lowest BCUT2D eigenvalue weighted by Crippen LogP contribution is -2.43. The van der Waals surface area contributed by atoms with Gasteiger partial charge in [0.05, 0.1) is 5.25 Å². The van der Waals surface area contributed by atoms with Crippen LogP contribution in [0.1, 0.15) is 33.6 Å². The van der Waals surface area contributed by atoms with Gasteiger partial charge in [-0.25, -0.2) is 13.1 Å². The second-order valence-corrected chi connectivity index (χ2v) is 7.42. The zero-order valence-electron chi connectivity index (χ0n) is 9.84. The third-order valence-corrected chi connectivity index (χ3v) is 4.42. The summed E-state index contributed by atoms with van der Waals surface area (Å²) in [5.74, 6) is 0. The summed E-state index contributed by atoms with van der Waals surface area (Å²) in [6.07, 6.45) is 1.44. The second kappa shape index (κ2) is 4.80. The van der Waals surface area contributed by atoms with Crippen molar-refractivity contribution in [2.75, 3.05) is 19.6 Å². The number of sulfonamides is 1. The summed E-state index contributed by atoms with van der Waals surface area (Å²) in [4.78, 5) is 0. The van der Waals surface area contributed by atoms with E-state index in [0.717, 1.165) is 25.9 Å². The second-order valence-electron chi connectivity index (χ2n) is 5.38. The van der Waals surface area contributed by atoms with Gasteiger partial charge in [-0.1, -0.05) is 20.8 Å². The molecule has 1 rings (SSSR count). The van der Waals surface area contributed by atoms with Gasteiger partial charge in [0.2, 0.25) is 10.0 Å². The van der Waals surface area contributed by atoms with Crippen LogP contribution in [0.2, 0.25) is 0 Å². The molecule has 1 aliphatic rings. The smallest absolute Gasteiger partial charge is 0.214 e. The molecule has 0 amide bonds. The highest BCUT2D eigenvalue weighted by Crippen LogP contribution is 2.15. The van der Waals surface area contributed by atoms with Crippen molar-refractivity contribution in [3.8, 4) is 0 Å². The van der Waals surface area contributed by atoms with Crippen LogP contribution < -0.4 is 10.0 Å². The maximum atomic E-state index is 11.9. The molecule has 0 bridgehead atoms. The molecule has 0 aromatic heterocycles. The summed E-state index contributed by atoms with van der Waals surface area (Å²) < 4.78 is 26.5. The molecule has 1 heterocycles. The van der Waals surface area contributed by atoms with Gasteiger partial charge in [-0.05, 0) is 31.3 Å². The summed E-state index contributed by atoms with van der Waals surface area (Å²) in [5.41, 5.74) is -0.0000131. The van der Waals surface area contributed by atoms with E-state index in [1.54, 1.807) is 0 Å². The Balaban J connectivity index is 2.51. The van der Waals surface area contributed by atoms with Gasteiger partial charge in [-0.3, -0.25) is 0 Å². The van der Waals surface area contributed by atoms with E-state index in [0.29, 0.717) is 6.54 Å². The van der Waals surface area contributed by atoms with Crippen molar-refractivity contribution in [3.63, 3.8) is 0 Å². The maximum absolute atomic E-state index is 11.9. The van der Waals surface area contributed by atoms with Crippen LogP contribution >= 0.6 is 0 Å². The fourth-order valence-corrected chi connectivity index (χ4v) is 3.27. The van der Waals surface area contributed by atoms with Crippen molar-refractivity contribution in [3.05, 3.63) is 0 Å². The van der Waals surface area contributed by atoms with Gasteiger partial charge in [0.15, 0.2) is 0 Å². The molecule has 0 aromatic rings. The normalized spacial score (nSPS) is 20.5. The van der Waals surface area contributed by atoms with E-state index in [4.69, 9.17) is 0 Å². The lowest BCUT2D eigenvalue weighted by atomic mass is 9.98. The number of piperidine rings is 1. The first kappa shape index (κ1) is 12.9. The fraction of sp³-hybridized carbons (Fsp3) is 1.00. The summed E-state index contributed by atoms with van der Waals surface area (Å²) in [7, 11) is -3.11.